The van der Waals surface area contributed by atoms with E-state index in [9.17, 15) is 14.4 Å². The summed E-state index contributed by atoms with van der Waals surface area (Å²) in [6.45, 7) is 9.44. The summed E-state index contributed by atoms with van der Waals surface area (Å²) in [7, 11) is 3.17. The molecule has 7 heteroatoms. The molecule has 0 aliphatic rings. The normalized spacial score (nSPS) is 12.3. The molecule has 1 atom stereocenters. The van der Waals surface area contributed by atoms with Crippen molar-refractivity contribution in [1.29, 1.82) is 0 Å². The minimum atomic E-state index is -0.696. The van der Waals surface area contributed by atoms with Gasteiger partial charge in [0.15, 0.2) is 0 Å². The van der Waals surface area contributed by atoms with E-state index in [1.165, 1.54) is 9.80 Å². The van der Waals surface area contributed by atoms with Gasteiger partial charge in [0.2, 0.25) is 5.91 Å². The lowest BCUT2D eigenvalue weighted by atomic mass is 10.0. The van der Waals surface area contributed by atoms with Gasteiger partial charge in [-0.3, -0.25) is 4.79 Å². The highest BCUT2D eigenvalue weighted by molar-refractivity contribution is 5.85. The molecule has 1 aromatic carbocycles. The van der Waals surface area contributed by atoms with Crippen LogP contribution in [0.2, 0.25) is 0 Å². The fourth-order valence-corrected chi connectivity index (χ4v) is 2.72. The minimum absolute atomic E-state index is 0.0848. The van der Waals surface area contributed by atoms with Gasteiger partial charge in [-0.25, -0.2) is 9.59 Å². The smallest absolute Gasteiger partial charge is 0.410 e. The average Bonchev–Trinajstić information content (AvgIpc) is 2.63. The molecule has 1 rings (SSSR count). The maximum Gasteiger partial charge on any atom is 0.410 e. The number of carbonyl (C=O) groups excluding carboxylic acids is 3. The van der Waals surface area contributed by atoms with Crippen molar-refractivity contribution < 1.29 is 23.9 Å². The van der Waals surface area contributed by atoms with Crippen molar-refractivity contribution in [3.8, 4) is 0 Å². The molecule has 0 fully saturated rings. The van der Waals surface area contributed by atoms with Crippen molar-refractivity contribution in [3.05, 3.63) is 35.9 Å². The number of carbonyl (C=O) groups is 3. The Labute approximate surface area is 174 Å². The summed E-state index contributed by atoms with van der Waals surface area (Å²) in [5.74, 6) is -0.799. The van der Waals surface area contributed by atoms with Crippen LogP contribution in [0.5, 0.6) is 0 Å². The van der Waals surface area contributed by atoms with E-state index in [0.717, 1.165) is 5.56 Å². The van der Waals surface area contributed by atoms with Crippen LogP contribution in [0.3, 0.4) is 0 Å². The predicted molar refractivity (Wildman–Crippen MR) is 111 cm³/mol. The molecular formula is C22H34N2O5. The number of esters is 1. The first kappa shape index (κ1) is 24.5. The first-order valence-corrected chi connectivity index (χ1v) is 9.82. The Morgan fingerprint density at radius 1 is 1.03 bits per heavy atom. The van der Waals surface area contributed by atoms with E-state index < -0.39 is 23.7 Å². The van der Waals surface area contributed by atoms with Crippen molar-refractivity contribution in [2.75, 3.05) is 20.6 Å². The van der Waals surface area contributed by atoms with Crippen molar-refractivity contribution in [1.82, 2.24) is 9.80 Å². The predicted octanol–water partition coefficient (Wildman–Crippen LogP) is 3.47. The summed E-state index contributed by atoms with van der Waals surface area (Å²) >= 11 is 0. The van der Waals surface area contributed by atoms with Crippen LogP contribution in [0, 0.1) is 5.92 Å². The van der Waals surface area contributed by atoms with E-state index in [1.807, 2.05) is 44.2 Å². The standard InChI is InChI=1S/C22H34N2O5/c1-16(2)19(20(26)28-15-17-11-9-8-10-12-17)24(7)18(25)13-14-23(6)21(27)29-22(3,4)5/h8-12,16,19H,13-15H2,1-7H3/t19-/m0/s1. The first-order valence-electron chi connectivity index (χ1n) is 9.82. The van der Waals surface area contributed by atoms with Gasteiger partial charge in [-0.15, -0.1) is 0 Å². The molecule has 0 unspecified atom stereocenters. The average molecular weight is 407 g/mol. The molecule has 7 nitrogen and oxygen atoms in total. The van der Waals surface area contributed by atoms with Gasteiger partial charge in [0.25, 0.3) is 0 Å². The van der Waals surface area contributed by atoms with Crippen LogP contribution in [-0.2, 0) is 25.7 Å². The second-order valence-electron chi connectivity index (χ2n) is 8.44. The lowest BCUT2D eigenvalue weighted by Gasteiger charge is -2.30. The van der Waals surface area contributed by atoms with E-state index in [0.29, 0.717) is 0 Å². The van der Waals surface area contributed by atoms with E-state index in [-0.39, 0.29) is 31.4 Å². The Hall–Kier alpha value is -2.57. The molecule has 0 saturated heterocycles. The fourth-order valence-electron chi connectivity index (χ4n) is 2.72. The number of hydrogen-bond acceptors (Lipinski definition) is 5. The Balaban J connectivity index is 2.63. The zero-order chi connectivity index (χ0) is 22.2. The van der Waals surface area contributed by atoms with Crippen LogP contribution < -0.4 is 0 Å². The number of likely N-dealkylation sites (N-methyl/N-ethyl adjacent to an activating group) is 1. The van der Waals surface area contributed by atoms with Crippen molar-refractivity contribution in [2.45, 2.75) is 59.3 Å². The van der Waals surface area contributed by atoms with Crippen molar-refractivity contribution >= 4 is 18.0 Å². The SMILES string of the molecule is CC(C)[C@@H](C(=O)OCc1ccccc1)N(C)C(=O)CCN(C)C(=O)OC(C)(C)C. The highest BCUT2D eigenvalue weighted by Crippen LogP contribution is 2.15. The molecule has 29 heavy (non-hydrogen) atoms. The molecule has 0 bridgehead atoms. The third-order valence-corrected chi connectivity index (χ3v) is 4.27. The van der Waals surface area contributed by atoms with Gasteiger partial charge in [-0.2, -0.15) is 0 Å². The van der Waals surface area contributed by atoms with Crippen molar-refractivity contribution in [2.24, 2.45) is 5.92 Å². The lowest BCUT2D eigenvalue weighted by molar-refractivity contribution is -0.157. The molecule has 0 radical (unpaired) electrons. The summed E-state index contributed by atoms with van der Waals surface area (Å²) in [6.07, 6.45) is -0.405. The Morgan fingerprint density at radius 2 is 1.62 bits per heavy atom. The van der Waals surface area contributed by atoms with Crippen LogP contribution in [0.15, 0.2) is 30.3 Å². The Morgan fingerprint density at radius 3 is 2.14 bits per heavy atom. The minimum Gasteiger partial charge on any atom is -0.459 e. The second-order valence-corrected chi connectivity index (χ2v) is 8.44. The van der Waals surface area contributed by atoms with Gasteiger partial charge in [0, 0.05) is 27.1 Å². The molecule has 0 heterocycles. The monoisotopic (exact) mass is 406 g/mol. The van der Waals surface area contributed by atoms with E-state index in [1.54, 1.807) is 34.9 Å². The summed E-state index contributed by atoms with van der Waals surface area (Å²) in [6, 6.07) is 8.69. The molecule has 0 aliphatic carbocycles. The molecule has 0 spiro atoms. The summed E-state index contributed by atoms with van der Waals surface area (Å²) in [4.78, 5) is 40.0. The summed E-state index contributed by atoms with van der Waals surface area (Å²) < 4.78 is 10.7. The van der Waals surface area contributed by atoms with Crippen LogP contribution in [0.25, 0.3) is 0 Å². The van der Waals surface area contributed by atoms with E-state index >= 15 is 0 Å². The maximum absolute atomic E-state index is 12.6. The zero-order valence-electron chi connectivity index (χ0n) is 18.6. The van der Waals surface area contributed by atoms with Gasteiger partial charge < -0.3 is 19.3 Å². The van der Waals surface area contributed by atoms with Gasteiger partial charge in [0.1, 0.15) is 18.2 Å². The van der Waals surface area contributed by atoms with Gasteiger partial charge in [-0.1, -0.05) is 44.2 Å². The number of rotatable bonds is 8. The molecule has 0 saturated carbocycles. The van der Waals surface area contributed by atoms with E-state index in [4.69, 9.17) is 9.47 Å². The Kier molecular flexibility index (Phi) is 9.14. The third kappa shape index (κ3) is 8.54. The van der Waals surface area contributed by atoms with Crippen LogP contribution >= 0.6 is 0 Å². The maximum atomic E-state index is 12.6. The largest absolute Gasteiger partial charge is 0.459 e. The number of hydrogen-bond donors (Lipinski definition) is 0. The molecule has 2 amide bonds. The highest BCUT2D eigenvalue weighted by Gasteiger charge is 2.31. The van der Waals surface area contributed by atoms with Crippen LogP contribution in [0.4, 0.5) is 4.79 Å². The zero-order valence-corrected chi connectivity index (χ0v) is 18.6. The number of nitrogens with zero attached hydrogens (tertiary/aromatic N) is 2. The quantitative estimate of drug-likeness (QED) is 0.618. The molecule has 1 aromatic rings. The van der Waals surface area contributed by atoms with Crippen LogP contribution in [-0.4, -0.2) is 60.1 Å². The highest BCUT2D eigenvalue weighted by atomic mass is 16.6. The third-order valence-electron chi connectivity index (χ3n) is 4.27. The number of amides is 2. The Bertz CT molecular complexity index is 682. The van der Waals surface area contributed by atoms with Gasteiger partial charge in [-0.05, 0) is 32.3 Å². The van der Waals surface area contributed by atoms with Gasteiger partial charge in [0.05, 0.1) is 0 Å². The van der Waals surface area contributed by atoms with Gasteiger partial charge >= 0.3 is 12.1 Å². The fraction of sp³-hybridized carbons (Fsp3) is 0.591. The van der Waals surface area contributed by atoms with E-state index in [2.05, 4.69) is 0 Å². The number of ether oxygens (including phenoxy) is 2. The molecular weight excluding hydrogens is 372 g/mol. The lowest BCUT2D eigenvalue weighted by Crippen LogP contribution is -2.47. The topological polar surface area (TPSA) is 76.2 Å². The molecule has 0 aromatic heterocycles. The molecule has 162 valence electrons. The van der Waals surface area contributed by atoms with Crippen LogP contribution in [0.1, 0.15) is 46.6 Å². The molecule has 0 aliphatic heterocycles. The second kappa shape index (κ2) is 10.8. The summed E-state index contributed by atoms with van der Waals surface area (Å²) in [5.41, 5.74) is 0.286. The number of benzene rings is 1. The molecule has 0 N–H and O–H groups in total. The summed E-state index contributed by atoms with van der Waals surface area (Å²) in [5, 5.41) is 0. The van der Waals surface area contributed by atoms with Crippen molar-refractivity contribution in [3.63, 3.8) is 0 Å². The first-order chi connectivity index (χ1) is 13.4.